The van der Waals surface area contributed by atoms with Crippen LogP contribution in [0.1, 0.15) is 20.3 Å². The number of hydrogen-bond acceptors (Lipinski definition) is 2. The summed E-state index contributed by atoms with van der Waals surface area (Å²) in [5, 5.41) is 10.1. The van der Waals surface area contributed by atoms with Crippen LogP contribution >= 0.6 is 15.9 Å². The zero-order chi connectivity index (χ0) is 7.98. The summed E-state index contributed by atoms with van der Waals surface area (Å²) in [4.78, 5) is 0. The van der Waals surface area contributed by atoms with Crippen LogP contribution in [-0.2, 0) is 0 Å². The maximum Gasteiger partial charge on any atom is 0.0827 e. The molecular weight excluding hydrogens is 192 g/mol. The predicted octanol–water partition coefficient (Wildman–Crippen LogP) is 2.26. The minimum absolute atomic E-state index is 0.886. The molecule has 10 heavy (non-hydrogen) atoms. The van der Waals surface area contributed by atoms with Crippen molar-refractivity contribution in [2.24, 2.45) is 0 Å². The Bertz CT molecular complexity index is 141. The second kappa shape index (κ2) is 5.47. The zero-order valence-corrected chi connectivity index (χ0v) is 7.96. The Kier molecular flexibility index (Phi) is 5.30. The minimum Gasteiger partial charge on any atom is -0.379 e. The molecule has 0 spiro atoms. The lowest BCUT2D eigenvalue weighted by Gasteiger charge is -2.03. The molecule has 0 heterocycles. The van der Waals surface area contributed by atoms with Crippen LogP contribution in [0.3, 0.4) is 0 Å². The van der Waals surface area contributed by atoms with Crippen molar-refractivity contribution in [3.8, 4) is 0 Å². The number of allylic oxidation sites excluding steroid dienone is 1. The van der Waals surface area contributed by atoms with E-state index in [4.69, 9.17) is 5.41 Å². The third-order valence-corrected chi connectivity index (χ3v) is 1.96. The smallest absolute Gasteiger partial charge is 0.0827 e. The van der Waals surface area contributed by atoms with Gasteiger partial charge in [0.25, 0.3) is 0 Å². The van der Waals surface area contributed by atoms with Crippen LogP contribution in [-0.4, -0.2) is 12.8 Å². The second-order valence-electron chi connectivity index (χ2n) is 1.87. The molecule has 2 N–H and O–H groups in total. The third-order valence-electron chi connectivity index (χ3n) is 1.17. The molecular formula is C7H13BrN2. The number of nitrogens with one attached hydrogen (secondary N) is 2. The average Bonchev–Trinajstić information content (AvgIpc) is 1.91. The molecule has 0 saturated carbocycles. The highest BCUT2D eigenvalue weighted by molar-refractivity contribution is 9.11. The van der Waals surface area contributed by atoms with E-state index in [9.17, 15) is 0 Å². The standard InChI is InChI=1S/C7H13BrN2/c1-3-6(5-9)7(8)10-4-2/h5,9-10H,3-4H2,1-2H3/b7-6-,9-5?. The van der Waals surface area contributed by atoms with Crippen LogP contribution in [0.4, 0.5) is 0 Å². The molecule has 0 atom stereocenters. The summed E-state index contributed by atoms with van der Waals surface area (Å²) >= 11 is 3.34. The minimum atomic E-state index is 0.886. The second-order valence-corrected chi connectivity index (χ2v) is 2.66. The van der Waals surface area contributed by atoms with E-state index < -0.39 is 0 Å². The van der Waals surface area contributed by atoms with Crippen LogP contribution in [0.5, 0.6) is 0 Å². The van der Waals surface area contributed by atoms with Gasteiger partial charge in [-0.1, -0.05) is 6.92 Å². The number of rotatable bonds is 4. The Labute approximate surface area is 70.3 Å². The topological polar surface area (TPSA) is 35.9 Å². The van der Waals surface area contributed by atoms with E-state index in [1.54, 1.807) is 0 Å². The van der Waals surface area contributed by atoms with Crippen molar-refractivity contribution in [1.29, 1.82) is 5.41 Å². The maximum absolute atomic E-state index is 7.02. The molecule has 0 saturated heterocycles. The fourth-order valence-electron chi connectivity index (χ4n) is 0.589. The maximum atomic E-state index is 7.02. The van der Waals surface area contributed by atoms with Crippen molar-refractivity contribution < 1.29 is 0 Å². The van der Waals surface area contributed by atoms with Crippen molar-refractivity contribution in [2.75, 3.05) is 6.54 Å². The fraction of sp³-hybridized carbons (Fsp3) is 0.571. The van der Waals surface area contributed by atoms with Crippen molar-refractivity contribution >= 4 is 22.1 Å². The molecule has 0 aromatic rings. The predicted molar refractivity (Wildman–Crippen MR) is 48.7 cm³/mol. The molecule has 0 bridgehead atoms. The first-order valence-corrected chi connectivity index (χ1v) is 4.18. The van der Waals surface area contributed by atoms with Crippen LogP contribution in [0.2, 0.25) is 0 Å². The Balaban J connectivity index is 4.12. The summed E-state index contributed by atoms with van der Waals surface area (Å²) in [6.45, 7) is 4.94. The van der Waals surface area contributed by atoms with E-state index in [1.807, 2.05) is 13.8 Å². The van der Waals surface area contributed by atoms with E-state index in [2.05, 4.69) is 21.2 Å². The molecule has 0 rings (SSSR count). The van der Waals surface area contributed by atoms with Crippen LogP contribution < -0.4 is 5.32 Å². The SMILES string of the molecule is CCN/C(Br)=C(\C=N)CC. The van der Waals surface area contributed by atoms with Crippen LogP contribution in [0.25, 0.3) is 0 Å². The van der Waals surface area contributed by atoms with Gasteiger partial charge in [0, 0.05) is 12.8 Å². The summed E-state index contributed by atoms with van der Waals surface area (Å²) in [6.07, 6.45) is 2.25. The quantitative estimate of drug-likeness (QED) is 0.536. The van der Waals surface area contributed by atoms with Gasteiger partial charge in [-0.05, 0) is 34.8 Å². The lowest BCUT2D eigenvalue weighted by molar-refractivity contribution is 0.894. The molecule has 0 amide bonds. The number of halogens is 1. The zero-order valence-electron chi connectivity index (χ0n) is 6.37. The molecule has 2 nitrogen and oxygen atoms in total. The molecule has 0 aromatic carbocycles. The molecule has 58 valence electrons. The largest absolute Gasteiger partial charge is 0.379 e. The van der Waals surface area contributed by atoms with Gasteiger partial charge in [0.15, 0.2) is 0 Å². The van der Waals surface area contributed by atoms with Gasteiger partial charge in [0.2, 0.25) is 0 Å². The highest BCUT2D eigenvalue weighted by atomic mass is 79.9. The van der Waals surface area contributed by atoms with Gasteiger partial charge in [-0.15, -0.1) is 0 Å². The van der Waals surface area contributed by atoms with E-state index in [0.717, 1.165) is 23.1 Å². The van der Waals surface area contributed by atoms with Crippen molar-refractivity contribution in [1.82, 2.24) is 5.32 Å². The highest BCUT2D eigenvalue weighted by Crippen LogP contribution is 2.09. The highest BCUT2D eigenvalue weighted by Gasteiger charge is 1.95. The molecule has 3 heteroatoms. The van der Waals surface area contributed by atoms with Gasteiger partial charge in [0.1, 0.15) is 0 Å². The summed E-state index contributed by atoms with van der Waals surface area (Å²) in [7, 11) is 0. The van der Waals surface area contributed by atoms with Gasteiger partial charge in [-0.2, -0.15) is 0 Å². The van der Waals surface area contributed by atoms with Gasteiger partial charge in [-0.25, -0.2) is 0 Å². The Hall–Kier alpha value is -0.310. The molecule has 0 aliphatic rings. The molecule has 0 unspecified atom stereocenters. The van der Waals surface area contributed by atoms with E-state index in [1.165, 1.54) is 6.21 Å². The summed E-state index contributed by atoms with van der Waals surface area (Å²) in [6, 6.07) is 0. The molecule has 0 aliphatic heterocycles. The number of hydrogen-bond donors (Lipinski definition) is 2. The summed E-state index contributed by atoms with van der Waals surface area (Å²) in [5.41, 5.74) is 1.00. The van der Waals surface area contributed by atoms with E-state index >= 15 is 0 Å². The van der Waals surface area contributed by atoms with Gasteiger partial charge >= 0.3 is 0 Å². The monoisotopic (exact) mass is 204 g/mol. The lowest BCUT2D eigenvalue weighted by Crippen LogP contribution is -2.09. The fourth-order valence-corrected chi connectivity index (χ4v) is 1.26. The average molecular weight is 205 g/mol. The van der Waals surface area contributed by atoms with Gasteiger partial charge in [-0.3, -0.25) is 0 Å². The lowest BCUT2D eigenvalue weighted by atomic mass is 10.2. The van der Waals surface area contributed by atoms with Gasteiger partial charge in [0.05, 0.1) is 4.61 Å². The van der Waals surface area contributed by atoms with Crippen molar-refractivity contribution in [3.05, 3.63) is 10.2 Å². The van der Waals surface area contributed by atoms with E-state index in [0.29, 0.717) is 0 Å². The summed E-state index contributed by atoms with van der Waals surface area (Å²) in [5.74, 6) is 0. The van der Waals surface area contributed by atoms with E-state index in [-0.39, 0.29) is 0 Å². The molecule has 0 fully saturated rings. The van der Waals surface area contributed by atoms with Crippen molar-refractivity contribution in [2.45, 2.75) is 20.3 Å². The Morgan fingerprint density at radius 2 is 2.20 bits per heavy atom. The Morgan fingerprint density at radius 3 is 2.50 bits per heavy atom. The molecule has 0 radical (unpaired) electrons. The molecule has 0 aromatic heterocycles. The normalized spacial score (nSPS) is 12.3. The van der Waals surface area contributed by atoms with Crippen LogP contribution in [0, 0.1) is 5.41 Å². The van der Waals surface area contributed by atoms with Gasteiger partial charge < -0.3 is 10.7 Å². The third kappa shape index (κ3) is 3.01. The van der Waals surface area contributed by atoms with Crippen molar-refractivity contribution in [3.63, 3.8) is 0 Å². The first-order chi connectivity index (χ1) is 4.76. The first kappa shape index (κ1) is 9.69. The molecule has 0 aliphatic carbocycles. The van der Waals surface area contributed by atoms with Crippen LogP contribution in [0.15, 0.2) is 10.2 Å². The Morgan fingerprint density at radius 1 is 1.60 bits per heavy atom. The first-order valence-electron chi connectivity index (χ1n) is 3.39. The summed E-state index contributed by atoms with van der Waals surface area (Å²) < 4.78 is 0.938.